The van der Waals surface area contributed by atoms with Crippen LogP contribution in [-0.4, -0.2) is 14.3 Å². The zero-order valence-corrected chi connectivity index (χ0v) is 8.64. The van der Waals surface area contributed by atoms with Gasteiger partial charge in [0.25, 0.3) is 0 Å². The molecule has 13 heavy (non-hydrogen) atoms. The van der Waals surface area contributed by atoms with Gasteiger partial charge in [0.15, 0.2) is 5.01 Å². The molecule has 2 heterocycles. The van der Waals surface area contributed by atoms with Gasteiger partial charge in [-0.25, -0.2) is 9.37 Å². The summed E-state index contributed by atoms with van der Waals surface area (Å²) in [6.07, 6.45) is 1.16. The van der Waals surface area contributed by atoms with E-state index in [2.05, 4.69) is 30.3 Å². The van der Waals surface area contributed by atoms with Crippen molar-refractivity contribution >= 4 is 27.5 Å². The Morgan fingerprint density at radius 2 is 2.23 bits per heavy atom. The van der Waals surface area contributed by atoms with Crippen LogP contribution in [0.4, 0.5) is 4.39 Å². The molecular weight excluding hydrogens is 257 g/mol. The van der Waals surface area contributed by atoms with E-state index < -0.39 is 0 Å². The van der Waals surface area contributed by atoms with E-state index >= 15 is 0 Å². The standard InChI is InChI=1S/C7H3BrFN3S/c8-7-11-6(13-12-7)5-2-1-4(9)3-10-5/h1-3H. The Hall–Kier alpha value is -0.880. The normalized spacial score (nSPS) is 10.3. The van der Waals surface area contributed by atoms with E-state index in [0.717, 1.165) is 6.20 Å². The quantitative estimate of drug-likeness (QED) is 0.790. The Bertz CT molecular complexity index is 414. The second-order valence-electron chi connectivity index (χ2n) is 2.23. The highest BCUT2D eigenvalue weighted by atomic mass is 79.9. The van der Waals surface area contributed by atoms with E-state index in [-0.39, 0.29) is 5.82 Å². The number of nitrogens with zero attached hydrogens (tertiary/aromatic N) is 3. The fourth-order valence-corrected chi connectivity index (χ4v) is 1.87. The molecule has 0 aromatic carbocycles. The largest absolute Gasteiger partial charge is 0.251 e. The lowest BCUT2D eigenvalue weighted by Gasteiger charge is -1.92. The van der Waals surface area contributed by atoms with Crippen molar-refractivity contribution in [1.82, 2.24) is 14.3 Å². The maximum Gasteiger partial charge on any atom is 0.209 e. The molecule has 0 aliphatic rings. The van der Waals surface area contributed by atoms with Crippen LogP contribution in [0, 0.1) is 5.82 Å². The van der Waals surface area contributed by atoms with E-state index in [1.165, 1.54) is 17.6 Å². The Morgan fingerprint density at radius 3 is 2.77 bits per heavy atom. The monoisotopic (exact) mass is 259 g/mol. The molecule has 0 bridgehead atoms. The summed E-state index contributed by atoms with van der Waals surface area (Å²) < 4.78 is 17.0. The van der Waals surface area contributed by atoms with Gasteiger partial charge in [-0.05, 0) is 39.6 Å². The predicted molar refractivity (Wildman–Crippen MR) is 50.8 cm³/mol. The highest BCUT2D eigenvalue weighted by Crippen LogP contribution is 2.20. The molecule has 0 unspecified atom stereocenters. The minimum Gasteiger partial charge on any atom is -0.251 e. The Kier molecular flexibility index (Phi) is 2.32. The smallest absolute Gasteiger partial charge is 0.209 e. The summed E-state index contributed by atoms with van der Waals surface area (Å²) in [5.74, 6) is -0.354. The first-order valence-electron chi connectivity index (χ1n) is 3.37. The van der Waals surface area contributed by atoms with Gasteiger partial charge in [-0.2, -0.15) is 4.37 Å². The zero-order chi connectivity index (χ0) is 9.26. The molecule has 0 atom stereocenters. The van der Waals surface area contributed by atoms with Crippen LogP contribution in [0.1, 0.15) is 0 Å². The van der Waals surface area contributed by atoms with Crippen LogP contribution in [0.5, 0.6) is 0 Å². The topological polar surface area (TPSA) is 38.7 Å². The van der Waals surface area contributed by atoms with Gasteiger partial charge < -0.3 is 0 Å². The first-order chi connectivity index (χ1) is 6.25. The number of hydrogen-bond acceptors (Lipinski definition) is 4. The first-order valence-corrected chi connectivity index (χ1v) is 4.93. The highest BCUT2D eigenvalue weighted by Gasteiger charge is 2.05. The average molecular weight is 260 g/mol. The molecule has 2 aromatic heterocycles. The summed E-state index contributed by atoms with van der Waals surface area (Å²) in [5.41, 5.74) is 0.629. The van der Waals surface area contributed by atoms with Crippen LogP contribution in [0.3, 0.4) is 0 Å². The Morgan fingerprint density at radius 1 is 1.38 bits per heavy atom. The van der Waals surface area contributed by atoms with E-state index in [9.17, 15) is 4.39 Å². The fraction of sp³-hybridized carbons (Fsp3) is 0. The minimum atomic E-state index is -0.354. The summed E-state index contributed by atoms with van der Waals surface area (Å²) >= 11 is 4.35. The van der Waals surface area contributed by atoms with E-state index in [4.69, 9.17) is 0 Å². The Balaban J connectivity index is 2.41. The van der Waals surface area contributed by atoms with Gasteiger partial charge in [0.05, 0.1) is 6.20 Å². The first kappa shape index (κ1) is 8.71. The molecule has 66 valence electrons. The molecule has 0 amide bonds. The van der Waals surface area contributed by atoms with Crippen molar-refractivity contribution in [3.05, 3.63) is 28.9 Å². The third-order valence-electron chi connectivity index (χ3n) is 1.35. The molecule has 3 nitrogen and oxygen atoms in total. The lowest BCUT2D eigenvalue weighted by atomic mass is 10.3. The van der Waals surface area contributed by atoms with Gasteiger partial charge in [-0.3, -0.25) is 4.98 Å². The number of halogens is 2. The molecule has 0 spiro atoms. The molecule has 0 radical (unpaired) electrons. The molecule has 0 saturated carbocycles. The van der Waals surface area contributed by atoms with Crippen LogP contribution >= 0.6 is 27.5 Å². The van der Waals surface area contributed by atoms with Gasteiger partial charge in [-0.1, -0.05) is 0 Å². The number of rotatable bonds is 1. The maximum atomic E-state index is 12.5. The van der Waals surface area contributed by atoms with Crippen molar-refractivity contribution in [1.29, 1.82) is 0 Å². The molecule has 0 aliphatic carbocycles. The molecular formula is C7H3BrFN3S. The van der Waals surface area contributed by atoms with Gasteiger partial charge in [0.2, 0.25) is 4.73 Å². The van der Waals surface area contributed by atoms with Crippen molar-refractivity contribution in [2.45, 2.75) is 0 Å². The van der Waals surface area contributed by atoms with Crippen molar-refractivity contribution < 1.29 is 4.39 Å². The average Bonchev–Trinajstić information content (AvgIpc) is 2.53. The summed E-state index contributed by atoms with van der Waals surface area (Å²) in [5, 5.41) is 0.673. The van der Waals surface area contributed by atoms with E-state index in [0.29, 0.717) is 15.4 Å². The molecule has 6 heteroatoms. The molecule has 0 saturated heterocycles. The Labute approximate surface area is 86.0 Å². The van der Waals surface area contributed by atoms with Crippen LogP contribution in [-0.2, 0) is 0 Å². The summed E-state index contributed by atoms with van der Waals surface area (Å²) in [6.45, 7) is 0. The van der Waals surface area contributed by atoms with Gasteiger partial charge >= 0.3 is 0 Å². The van der Waals surface area contributed by atoms with Crippen molar-refractivity contribution in [2.24, 2.45) is 0 Å². The molecule has 0 aliphatic heterocycles. The van der Waals surface area contributed by atoms with Crippen LogP contribution in [0.25, 0.3) is 10.7 Å². The third-order valence-corrected chi connectivity index (χ3v) is 2.67. The van der Waals surface area contributed by atoms with E-state index in [1.807, 2.05) is 0 Å². The molecule has 0 N–H and O–H groups in total. The second-order valence-corrected chi connectivity index (χ2v) is 3.69. The van der Waals surface area contributed by atoms with Gasteiger partial charge in [-0.15, -0.1) is 0 Å². The van der Waals surface area contributed by atoms with E-state index in [1.54, 1.807) is 6.07 Å². The predicted octanol–water partition coefficient (Wildman–Crippen LogP) is 2.50. The zero-order valence-electron chi connectivity index (χ0n) is 6.24. The molecule has 2 rings (SSSR count). The summed E-state index contributed by atoms with van der Waals surface area (Å²) in [7, 11) is 0. The lowest BCUT2D eigenvalue weighted by Crippen LogP contribution is -1.82. The molecule has 0 fully saturated rings. The summed E-state index contributed by atoms with van der Waals surface area (Å²) in [6, 6.07) is 2.92. The highest BCUT2D eigenvalue weighted by molar-refractivity contribution is 9.10. The number of aromatic nitrogens is 3. The van der Waals surface area contributed by atoms with Crippen molar-refractivity contribution in [2.75, 3.05) is 0 Å². The summed E-state index contributed by atoms with van der Waals surface area (Å²) in [4.78, 5) is 7.92. The molecule has 2 aromatic rings. The third kappa shape index (κ3) is 1.89. The van der Waals surface area contributed by atoms with Gasteiger partial charge in [0.1, 0.15) is 11.5 Å². The fourth-order valence-electron chi connectivity index (χ4n) is 0.812. The number of hydrogen-bond donors (Lipinski definition) is 0. The van der Waals surface area contributed by atoms with Crippen molar-refractivity contribution in [3.8, 4) is 10.7 Å². The lowest BCUT2D eigenvalue weighted by molar-refractivity contribution is 0.622. The number of pyridine rings is 1. The van der Waals surface area contributed by atoms with Crippen LogP contribution in [0.2, 0.25) is 0 Å². The SMILES string of the molecule is Fc1ccc(-c2nc(Br)ns2)nc1. The maximum absolute atomic E-state index is 12.5. The van der Waals surface area contributed by atoms with Crippen molar-refractivity contribution in [3.63, 3.8) is 0 Å². The van der Waals surface area contributed by atoms with Crippen LogP contribution < -0.4 is 0 Å². The van der Waals surface area contributed by atoms with Crippen LogP contribution in [0.15, 0.2) is 23.1 Å². The van der Waals surface area contributed by atoms with Gasteiger partial charge in [0, 0.05) is 0 Å². The second kappa shape index (κ2) is 3.47. The minimum absolute atomic E-state index is 0.354.